The topological polar surface area (TPSA) is 123 Å². The number of ether oxygens (including phenoxy) is 2. The second-order valence-corrected chi connectivity index (χ2v) is 11.5. The first-order valence-corrected chi connectivity index (χ1v) is 15.1. The standard InChI is InChI=1S/C33H35N3O6S/c1-36-16-15-34-33(36)43-21-28-18-29(25-7-5-22(20-37)6-8-25)42-32(41-28)26-11-9-24(10-12-26)27-4-2-3-23(17-27)19-35-30(38)13-14-31(39)40/h2-12,15-17,28-29,32,37H,13-14,18-21H2,1H3,(H,35,38)(H,39,40). The van der Waals surface area contributed by atoms with E-state index in [2.05, 4.69) is 10.3 Å². The number of carboxylic acid groups (broad SMARTS) is 1. The number of nitrogens with one attached hydrogen (secondary N) is 1. The number of hydrogen-bond donors (Lipinski definition) is 3. The summed E-state index contributed by atoms with van der Waals surface area (Å²) in [7, 11) is 1.98. The number of carbonyl (C=O) groups is 2. The molecule has 43 heavy (non-hydrogen) atoms. The minimum atomic E-state index is -0.990. The number of carbonyl (C=O) groups excluding carboxylic acids is 1. The Kier molecular flexibility index (Phi) is 10.3. The number of nitrogens with zero attached hydrogens (tertiary/aromatic N) is 2. The van der Waals surface area contributed by atoms with E-state index in [0.29, 0.717) is 13.0 Å². The predicted octanol–water partition coefficient (Wildman–Crippen LogP) is 5.40. The van der Waals surface area contributed by atoms with Crippen LogP contribution >= 0.6 is 11.8 Å². The van der Waals surface area contributed by atoms with Crippen LogP contribution in [0.15, 0.2) is 90.3 Å². The monoisotopic (exact) mass is 601 g/mol. The summed E-state index contributed by atoms with van der Waals surface area (Å²) in [5.41, 5.74) is 5.74. The van der Waals surface area contributed by atoms with E-state index in [-0.39, 0.29) is 37.6 Å². The molecule has 0 spiro atoms. The number of rotatable bonds is 12. The maximum atomic E-state index is 11.9. The number of imidazole rings is 1. The minimum Gasteiger partial charge on any atom is -0.481 e. The highest BCUT2D eigenvalue weighted by Crippen LogP contribution is 2.39. The Balaban J connectivity index is 1.28. The lowest BCUT2D eigenvalue weighted by atomic mass is 9.99. The van der Waals surface area contributed by atoms with Crippen LogP contribution in [0.25, 0.3) is 11.1 Å². The van der Waals surface area contributed by atoms with Crippen molar-refractivity contribution in [3.05, 3.63) is 107 Å². The van der Waals surface area contributed by atoms with Crippen LogP contribution in [0.5, 0.6) is 0 Å². The van der Waals surface area contributed by atoms with Gasteiger partial charge in [0.05, 0.1) is 25.2 Å². The summed E-state index contributed by atoms with van der Waals surface area (Å²) in [6.07, 6.45) is 3.40. The zero-order valence-electron chi connectivity index (χ0n) is 23.9. The molecule has 10 heteroatoms. The summed E-state index contributed by atoms with van der Waals surface area (Å²) in [4.78, 5) is 27.1. The van der Waals surface area contributed by atoms with Crippen molar-refractivity contribution in [1.82, 2.24) is 14.9 Å². The molecule has 0 radical (unpaired) electrons. The molecule has 0 aliphatic carbocycles. The maximum Gasteiger partial charge on any atom is 0.303 e. The Hall–Kier alpha value is -3.96. The molecular weight excluding hydrogens is 566 g/mol. The maximum absolute atomic E-state index is 11.9. The fraction of sp³-hybridized carbons (Fsp3) is 0.303. The average molecular weight is 602 g/mol. The first kappa shape index (κ1) is 30.5. The first-order valence-electron chi connectivity index (χ1n) is 14.2. The Morgan fingerprint density at radius 1 is 0.977 bits per heavy atom. The number of amides is 1. The van der Waals surface area contributed by atoms with Gasteiger partial charge in [-0.05, 0) is 33.9 Å². The van der Waals surface area contributed by atoms with Crippen molar-refractivity contribution in [2.75, 3.05) is 5.75 Å². The van der Waals surface area contributed by atoms with Crippen LogP contribution in [0, 0.1) is 0 Å². The summed E-state index contributed by atoms with van der Waals surface area (Å²) in [5.74, 6) is -0.548. The summed E-state index contributed by atoms with van der Waals surface area (Å²) in [6, 6.07) is 23.8. The zero-order chi connectivity index (χ0) is 30.2. The van der Waals surface area contributed by atoms with Gasteiger partial charge in [-0.3, -0.25) is 9.59 Å². The van der Waals surface area contributed by atoms with Crippen molar-refractivity contribution in [2.24, 2.45) is 7.05 Å². The average Bonchev–Trinajstić information content (AvgIpc) is 3.46. The third kappa shape index (κ3) is 8.32. The molecule has 3 N–H and O–H groups in total. The van der Waals surface area contributed by atoms with Crippen LogP contribution in [0.4, 0.5) is 0 Å². The molecule has 5 rings (SSSR count). The van der Waals surface area contributed by atoms with Crippen LogP contribution in [-0.2, 0) is 39.3 Å². The first-order chi connectivity index (χ1) is 20.9. The summed E-state index contributed by atoms with van der Waals surface area (Å²) in [5, 5.41) is 21.9. The lowest BCUT2D eigenvalue weighted by Crippen LogP contribution is -2.31. The fourth-order valence-electron chi connectivity index (χ4n) is 4.88. The van der Waals surface area contributed by atoms with Crippen LogP contribution in [0.2, 0.25) is 0 Å². The van der Waals surface area contributed by atoms with Gasteiger partial charge in [0.25, 0.3) is 0 Å². The number of thioether (sulfide) groups is 1. The summed E-state index contributed by atoms with van der Waals surface area (Å²) >= 11 is 1.66. The van der Waals surface area contributed by atoms with Gasteiger partial charge in [-0.2, -0.15) is 0 Å². The molecule has 9 nitrogen and oxygen atoms in total. The molecule has 3 atom stereocenters. The van der Waals surface area contributed by atoms with E-state index in [1.54, 1.807) is 18.0 Å². The molecule has 1 fully saturated rings. The number of aryl methyl sites for hydroxylation is 1. The number of aromatic nitrogens is 2. The number of hydrogen-bond acceptors (Lipinski definition) is 7. The van der Waals surface area contributed by atoms with Crippen molar-refractivity contribution in [2.45, 2.75) is 56.1 Å². The van der Waals surface area contributed by atoms with Crippen molar-refractivity contribution < 1.29 is 29.3 Å². The quantitative estimate of drug-likeness (QED) is 0.185. The van der Waals surface area contributed by atoms with Gasteiger partial charge in [0.2, 0.25) is 5.91 Å². The van der Waals surface area contributed by atoms with E-state index in [0.717, 1.165) is 44.3 Å². The number of aliphatic carboxylic acids is 1. The highest BCUT2D eigenvalue weighted by molar-refractivity contribution is 7.99. The zero-order valence-corrected chi connectivity index (χ0v) is 24.7. The SMILES string of the molecule is Cn1ccnc1SCC1CC(c2ccc(CO)cc2)OC(c2ccc(-c3cccc(CNC(=O)CCC(=O)O)c3)cc2)O1. The number of benzene rings is 3. The van der Waals surface area contributed by atoms with Crippen LogP contribution < -0.4 is 5.32 Å². The second kappa shape index (κ2) is 14.5. The Bertz CT molecular complexity index is 1520. The third-order valence-corrected chi connectivity index (χ3v) is 8.48. The largest absolute Gasteiger partial charge is 0.481 e. The van der Waals surface area contributed by atoms with Gasteiger partial charge >= 0.3 is 5.97 Å². The Labute approximate surface area is 254 Å². The summed E-state index contributed by atoms with van der Waals surface area (Å²) < 4.78 is 14.9. The smallest absolute Gasteiger partial charge is 0.303 e. The molecular formula is C33H35N3O6S. The van der Waals surface area contributed by atoms with E-state index in [4.69, 9.17) is 14.6 Å². The van der Waals surface area contributed by atoms with Crippen molar-refractivity contribution in [3.63, 3.8) is 0 Å². The fourth-order valence-corrected chi connectivity index (χ4v) is 5.83. The molecule has 1 aliphatic rings. The molecule has 1 aromatic heterocycles. The number of carboxylic acids is 1. The van der Waals surface area contributed by atoms with Gasteiger partial charge in [-0.15, -0.1) is 0 Å². The number of aliphatic hydroxyl groups is 1. The minimum absolute atomic E-state index is 0.00282. The molecule has 3 unspecified atom stereocenters. The second-order valence-electron chi connectivity index (χ2n) is 10.5. The Morgan fingerprint density at radius 2 is 1.74 bits per heavy atom. The van der Waals surface area contributed by atoms with E-state index >= 15 is 0 Å². The normalized spacial score (nSPS) is 18.3. The predicted molar refractivity (Wildman–Crippen MR) is 163 cm³/mol. The van der Waals surface area contributed by atoms with Crippen molar-refractivity contribution >= 4 is 23.6 Å². The summed E-state index contributed by atoms with van der Waals surface area (Å²) in [6.45, 7) is 0.323. The molecule has 224 valence electrons. The molecule has 0 bridgehead atoms. The van der Waals surface area contributed by atoms with E-state index in [9.17, 15) is 14.7 Å². The lowest BCUT2D eigenvalue weighted by Gasteiger charge is -2.36. The molecule has 2 heterocycles. The van der Waals surface area contributed by atoms with Gasteiger partial charge in [-0.25, -0.2) is 4.98 Å². The third-order valence-electron chi connectivity index (χ3n) is 7.29. The Morgan fingerprint density at radius 3 is 2.44 bits per heavy atom. The highest BCUT2D eigenvalue weighted by atomic mass is 32.2. The molecule has 4 aromatic rings. The van der Waals surface area contributed by atoms with Crippen LogP contribution in [0.1, 0.15) is 53.9 Å². The van der Waals surface area contributed by atoms with Crippen LogP contribution in [-0.4, -0.2) is 43.5 Å². The van der Waals surface area contributed by atoms with Crippen molar-refractivity contribution in [3.8, 4) is 11.1 Å². The number of aliphatic hydroxyl groups excluding tert-OH is 1. The molecule has 1 aliphatic heterocycles. The van der Waals surface area contributed by atoms with E-state index in [1.807, 2.05) is 90.6 Å². The molecule has 1 saturated heterocycles. The van der Waals surface area contributed by atoms with E-state index in [1.165, 1.54) is 0 Å². The van der Waals surface area contributed by atoms with Crippen molar-refractivity contribution in [1.29, 1.82) is 0 Å². The van der Waals surface area contributed by atoms with Crippen LogP contribution in [0.3, 0.4) is 0 Å². The van der Waals surface area contributed by atoms with Gasteiger partial charge in [0.15, 0.2) is 11.4 Å². The molecule has 3 aromatic carbocycles. The van der Waals surface area contributed by atoms with E-state index < -0.39 is 12.3 Å². The lowest BCUT2D eigenvalue weighted by molar-refractivity contribution is -0.245. The van der Waals surface area contributed by atoms with Gasteiger partial charge in [0, 0.05) is 50.1 Å². The molecule has 1 amide bonds. The highest BCUT2D eigenvalue weighted by Gasteiger charge is 2.32. The van der Waals surface area contributed by atoms with Gasteiger partial charge in [0.1, 0.15) is 0 Å². The molecule has 0 saturated carbocycles. The van der Waals surface area contributed by atoms with Gasteiger partial charge < -0.3 is 29.6 Å². The van der Waals surface area contributed by atoms with Gasteiger partial charge in [-0.1, -0.05) is 78.5 Å².